The molecule has 2 heterocycles. The van der Waals surface area contributed by atoms with Gasteiger partial charge in [-0.3, -0.25) is 4.79 Å². The summed E-state index contributed by atoms with van der Waals surface area (Å²) in [5.74, 6) is 0.571. The number of hydrogen-bond donors (Lipinski definition) is 0. The molecule has 5 heteroatoms. The minimum Gasteiger partial charge on any atom is -0.487 e. The molecule has 4 nitrogen and oxygen atoms in total. The van der Waals surface area contributed by atoms with Crippen molar-refractivity contribution in [2.45, 2.75) is 18.9 Å². The normalized spacial score (nSPS) is 23.8. The second-order valence-corrected chi connectivity index (χ2v) is 7.69. The lowest BCUT2D eigenvalue weighted by molar-refractivity contribution is 0.0755. The van der Waals surface area contributed by atoms with E-state index in [1.165, 1.54) is 6.07 Å². The summed E-state index contributed by atoms with van der Waals surface area (Å²) >= 11 is 0. The van der Waals surface area contributed by atoms with Crippen LogP contribution in [0.1, 0.15) is 23.3 Å². The summed E-state index contributed by atoms with van der Waals surface area (Å²) in [6, 6.07) is 18.1. The van der Waals surface area contributed by atoms with Gasteiger partial charge in [-0.1, -0.05) is 36.4 Å². The fourth-order valence-electron chi connectivity index (χ4n) is 4.58. The van der Waals surface area contributed by atoms with E-state index in [0.717, 1.165) is 30.3 Å². The number of carbonyl (C=O) groups excluding carboxylic acids is 1. The Morgan fingerprint density at radius 3 is 2.71 bits per heavy atom. The van der Waals surface area contributed by atoms with Crippen molar-refractivity contribution in [3.63, 3.8) is 0 Å². The van der Waals surface area contributed by atoms with E-state index in [9.17, 15) is 9.18 Å². The number of hydrogen-bond acceptors (Lipinski definition) is 3. The molecule has 0 bridgehead atoms. The highest BCUT2D eigenvalue weighted by molar-refractivity contribution is 5.95. The first-order chi connectivity index (χ1) is 13.7. The van der Waals surface area contributed by atoms with Crippen molar-refractivity contribution in [2.75, 3.05) is 13.1 Å². The third-order valence-corrected chi connectivity index (χ3v) is 6.01. The van der Waals surface area contributed by atoms with Gasteiger partial charge in [0.05, 0.1) is 5.52 Å². The van der Waals surface area contributed by atoms with Crippen LogP contribution in [-0.2, 0) is 0 Å². The van der Waals surface area contributed by atoms with Crippen molar-refractivity contribution in [1.29, 1.82) is 0 Å². The molecule has 28 heavy (non-hydrogen) atoms. The van der Waals surface area contributed by atoms with Gasteiger partial charge in [0.15, 0.2) is 11.6 Å². The van der Waals surface area contributed by atoms with Crippen LogP contribution in [-0.4, -0.2) is 35.0 Å². The van der Waals surface area contributed by atoms with Gasteiger partial charge in [0.2, 0.25) is 0 Å². The molecule has 0 radical (unpaired) electrons. The Morgan fingerprint density at radius 1 is 1.00 bits per heavy atom. The van der Waals surface area contributed by atoms with Gasteiger partial charge >= 0.3 is 0 Å². The van der Waals surface area contributed by atoms with Crippen LogP contribution in [0.3, 0.4) is 0 Å². The average molecular weight is 376 g/mol. The fraction of sp³-hybridized carbons (Fsp3) is 0.304. The van der Waals surface area contributed by atoms with Gasteiger partial charge < -0.3 is 9.64 Å². The summed E-state index contributed by atoms with van der Waals surface area (Å²) in [5.41, 5.74) is 1.30. The third-order valence-electron chi connectivity index (χ3n) is 6.01. The number of benzene rings is 2. The van der Waals surface area contributed by atoms with Crippen LogP contribution in [0.25, 0.3) is 10.9 Å². The maximum Gasteiger partial charge on any atom is 0.272 e. The van der Waals surface area contributed by atoms with Gasteiger partial charge in [0.1, 0.15) is 11.8 Å². The van der Waals surface area contributed by atoms with Crippen molar-refractivity contribution >= 4 is 16.8 Å². The minimum absolute atomic E-state index is 0.0372. The lowest BCUT2D eigenvalue weighted by Gasteiger charge is -2.22. The number of pyridine rings is 1. The Morgan fingerprint density at radius 2 is 1.82 bits per heavy atom. The molecule has 3 atom stereocenters. The van der Waals surface area contributed by atoms with Gasteiger partial charge in [-0.2, -0.15) is 0 Å². The lowest BCUT2D eigenvalue weighted by atomic mass is 9.99. The van der Waals surface area contributed by atoms with E-state index in [1.807, 2.05) is 35.2 Å². The minimum atomic E-state index is -0.336. The predicted molar refractivity (Wildman–Crippen MR) is 105 cm³/mol. The summed E-state index contributed by atoms with van der Waals surface area (Å²) in [6.07, 6.45) is 1.85. The second kappa shape index (κ2) is 6.89. The van der Waals surface area contributed by atoms with Crippen LogP contribution in [0.2, 0.25) is 0 Å². The van der Waals surface area contributed by atoms with Gasteiger partial charge in [0, 0.05) is 24.4 Å². The SMILES string of the molecule is O=C(c1ccc2ccccc2n1)N1C[C@@H]2CC[C@H](Oc3ccccc3F)[C@@H]2C1. The molecule has 1 saturated carbocycles. The molecule has 1 saturated heterocycles. The molecule has 5 rings (SSSR count). The molecule has 1 aromatic heterocycles. The van der Waals surface area contributed by atoms with Crippen LogP contribution in [0.5, 0.6) is 5.75 Å². The van der Waals surface area contributed by atoms with Crippen molar-refractivity contribution in [2.24, 2.45) is 11.8 Å². The average Bonchev–Trinajstić information content (AvgIpc) is 3.30. The smallest absolute Gasteiger partial charge is 0.272 e. The Kier molecular flexibility index (Phi) is 4.23. The van der Waals surface area contributed by atoms with Crippen LogP contribution >= 0.6 is 0 Å². The van der Waals surface area contributed by atoms with E-state index in [-0.39, 0.29) is 23.7 Å². The number of para-hydroxylation sites is 2. The van der Waals surface area contributed by atoms with Crippen LogP contribution < -0.4 is 4.74 Å². The number of rotatable bonds is 3. The Balaban J connectivity index is 1.32. The zero-order valence-electron chi connectivity index (χ0n) is 15.4. The van der Waals surface area contributed by atoms with E-state index in [0.29, 0.717) is 23.9 Å². The number of carbonyl (C=O) groups is 1. The first kappa shape index (κ1) is 17.2. The van der Waals surface area contributed by atoms with E-state index < -0.39 is 0 Å². The molecule has 1 aliphatic carbocycles. The summed E-state index contributed by atoms with van der Waals surface area (Å²) < 4.78 is 19.9. The van der Waals surface area contributed by atoms with Crippen LogP contribution in [0.4, 0.5) is 4.39 Å². The van der Waals surface area contributed by atoms with Crippen molar-refractivity contribution in [1.82, 2.24) is 9.88 Å². The molecular formula is C23H21FN2O2. The summed E-state index contributed by atoms with van der Waals surface area (Å²) in [4.78, 5) is 19.4. The first-order valence-electron chi connectivity index (χ1n) is 9.75. The van der Waals surface area contributed by atoms with Crippen molar-refractivity contribution in [3.8, 4) is 5.75 Å². The molecular weight excluding hydrogens is 355 g/mol. The highest BCUT2D eigenvalue weighted by Gasteiger charge is 2.45. The Bertz CT molecular complexity index is 1040. The molecule has 0 unspecified atom stereocenters. The Hall–Kier alpha value is -2.95. The number of halogens is 1. The largest absolute Gasteiger partial charge is 0.487 e. The molecule has 1 amide bonds. The fourth-order valence-corrected chi connectivity index (χ4v) is 4.58. The van der Waals surface area contributed by atoms with E-state index in [1.54, 1.807) is 24.3 Å². The van der Waals surface area contributed by atoms with E-state index >= 15 is 0 Å². The molecule has 142 valence electrons. The molecule has 0 spiro atoms. The summed E-state index contributed by atoms with van der Waals surface area (Å²) in [6.45, 7) is 1.35. The number of likely N-dealkylation sites (tertiary alicyclic amines) is 1. The van der Waals surface area contributed by atoms with Crippen molar-refractivity contribution < 1.29 is 13.9 Å². The van der Waals surface area contributed by atoms with Gasteiger partial charge in [-0.05, 0) is 43.0 Å². The third kappa shape index (κ3) is 3.01. The maximum absolute atomic E-state index is 13.9. The monoisotopic (exact) mass is 376 g/mol. The number of nitrogens with zero attached hydrogens (tertiary/aromatic N) is 2. The topological polar surface area (TPSA) is 42.4 Å². The zero-order chi connectivity index (χ0) is 19.1. The maximum atomic E-state index is 13.9. The predicted octanol–water partition coefficient (Wildman–Crippen LogP) is 4.30. The lowest BCUT2D eigenvalue weighted by Crippen LogP contribution is -2.33. The van der Waals surface area contributed by atoms with Crippen LogP contribution in [0, 0.1) is 17.7 Å². The molecule has 2 fully saturated rings. The molecule has 0 N–H and O–H groups in total. The first-order valence-corrected chi connectivity index (χ1v) is 9.75. The standard InChI is InChI=1S/C23H21FN2O2/c24-18-6-2-4-8-22(18)28-21-12-10-16-13-26(14-17(16)21)23(27)20-11-9-15-5-1-3-7-19(15)25-20/h1-9,11,16-17,21H,10,12-14H2/t16-,17+,21-/m0/s1. The number of ether oxygens (including phenoxy) is 1. The molecule has 2 aliphatic rings. The van der Waals surface area contributed by atoms with E-state index in [2.05, 4.69) is 4.98 Å². The number of amides is 1. The second-order valence-electron chi connectivity index (χ2n) is 7.69. The number of fused-ring (bicyclic) bond motifs is 2. The molecule has 1 aliphatic heterocycles. The van der Waals surface area contributed by atoms with E-state index in [4.69, 9.17) is 4.74 Å². The molecule has 2 aromatic carbocycles. The highest BCUT2D eigenvalue weighted by Crippen LogP contribution is 2.40. The summed E-state index contributed by atoms with van der Waals surface area (Å²) in [7, 11) is 0. The van der Waals surface area contributed by atoms with Gasteiger partial charge in [-0.15, -0.1) is 0 Å². The Labute approximate surface area is 162 Å². The summed E-state index contributed by atoms with van der Waals surface area (Å²) in [5, 5.41) is 1.02. The van der Waals surface area contributed by atoms with Gasteiger partial charge in [-0.25, -0.2) is 9.37 Å². The highest BCUT2D eigenvalue weighted by atomic mass is 19.1. The van der Waals surface area contributed by atoms with Crippen molar-refractivity contribution in [3.05, 3.63) is 72.2 Å². The quantitative estimate of drug-likeness (QED) is 0.684. The van der Waals surface area contributed by atoms with Crippen LogP contribution in [0.15, 0.2) is 60.7 Å². The molecule has 3 aromatic rings. The van der Waals surface area contributed by atoms with Gasteiger partial charge in [0.25, 0.3) is 5.91 Å². The zero-order valence-corrected chi connectivity index (χ0v) is 15.4. The number of aromatic nitrogens is 1.